The fourth-order valence-electron chi connectivity index (χ4n) is 5.02. The summed E-state index contributed by atoms with van der Waals surface area (Å²) in [5.74, 6) is -0.570. The highest BCUT2D eigenvalue weighted by atomic mass is 35.5. The van der Waals surface area contributed by atoms with E-state index < -0.39 is 11.8 Å². The minimum absolute atomic E-state index is 0.00881. The number of ether oxygens (including phenoxy) is 2. The number of rotatable bonds is 9. The van der Waals surface area contributed by atoms with Crippen LogP contribution < -0.4 is 10.3 Å². The van der Waals surface area contributed by atoms with Gasteiger partial charge in [-0.3, -0.25) is 4.79 Å². The molecule has 0 amide bonds. The topological polar surface area (TPSA) is 108 Å². The maximum atomic E-state index is 14.1. The lowest BCUT2D eigenvalue weighted by Crippen LogP contribution is -2.23. The quantitative estimate of drug-likeness (QED) is 0.240. The van der Waals surface area contributed by atoms with E-state index in [1.807, 2.05) is 4.57 Å². The highest BCUT2D eigenvalue weighted by Crippen LogP contribution is 2.24. The molecule has 1 fully saturated rings. The van der Waals surface area contributed by atoms with Gasteiger partial charge in [0.25, 0.3) is 5.56 Å². The molecule has 0 spiro atoms. The van der Waals surface area contributed by atoms with E-state index in [0.29, 0.717) is 51.9 Å². The SMILES string of the molecule is O=C(O)c1ccc2nc(Cn3ccc(-c4cccc(OCc5ccc(Cl)cc5F)n4)cc3=O)n(C[C@@H]3CCCO3)c2c1. The van der Waals surface area contributed by atoms with Crippen LogP contribution in [0, 0.1) is 5.82 Å². The monoisotopic (exact) mass is 588 g/mol. The Morgan fingerprint density at radius 3 is 2.76 bits per heavy atom. The summed E-state index contributed by atoms with van der Waals surface area (Å²) in [5.41, 5.74) is 2.71. The van der Waals surface area contributed by atoms with Crippen LogP contribution in [0.3, 0.4) is 0 Å². The molecule has 11 heteroatoms. The third-order valence-corrected chi connectivity index (χ3v) is 7.44. The number of nitrogens with zero attached hydrogens (tertiary/aromatic N) is 4. The third kappa shape index (κ3) is 5.90. The van der Waals surface area contributed by atoms with Crippen LogP contribution in [0.5, 0.6) is 5.88 Å². The van der Waals surface area contributed by atoms with Crippen LogP contribution in [0.4, 0.5) is 4.39 Å². The van der Waals surface area contributed by atoms with E-state index >= 15 is 0 Å². The molecule has 3 aromatic heterocycles. The van der Waals surface area contributed by atoms with Gasteiger partial charge in [0.05, 0.1) is 41.5 Å². The minimum atomic E-state index is -1.02. The Bertz CT molecular complexity index is 1850. The number of fused-ring (bicyclic) bond motifs is 1. The molecule has 0 aliphatic carbocycles. The van der Waals surface area contributed by atoms with E-state index in [9.17, 15) is 19.1 Å². The lowest BCUT2D eigenvalue weighted by atomic mass is 10.2. The molecular formula is C31H26ClFN4O5. The van der Waals surface area contributed by atoms with E-state index in [-0.39, 0.29) is 36.3 Å². The molecule has 2 aromatic carbocycles. The highest BCUT2D eigenvalue weighted by molar-refractivity contribution is 6.30. The molecule has 5 aromatic rings. The second-order valence-electron chi connectivity index (χ2n) is 10.0. The Kier molecular flexibility index (Phi) is 7.73. The van der Waals surface area contributed by atoms with E-state index in [1.165, 1.54) is 18.2 Å². The first kappa shape index (κ1) is 27.6. The number of aromatic carboxylic acids is 1. The number of pyridine rings is 2. The number of hydrogen-bond acceptors (Lipinski definition) is 6. The molecule has 0 saturated carbocycles. The summed E-state index contributed by atoms with van der Waals surface area (Å²) in [7, 11) is 0. The van der Waals surface area contributed by atoms with Crippen molar-refractivity contribution in [3.05, 3.63) is 111 Å². The average Bonchev–Trinajstić information content (AvgIpc) is 3.61. The zero-order valence-corrected chi connectivity index (χ0v) is 23.1. The molecule has 214 valence electrons. The maximum absolute atomic E-state index is 14.1. The van der Waals surface area contributed by atoms with Gasteiger partial charge < -0.3 is 23.7 Å². The van der Waals surface area contributed by atoms with Crippen molar-refractivity contribution in [3.63, 3.8) is 0 Å². The van der Waals surface area contributed by atoms with Crippen molar-refractivity contribution >= 4 is 28.6 Å². The van der Waals surface area contributed by atoms with Crippen molar-refractivity contribution in [1.29, 1.82) is 0 Å². The number of carboxylic acid groups (broad SMARTS) is 1. The summed E-state index contributed by atoms with van der Waals surface area (Å²) >= 11 is 5.82. The van der Waals surface area contributed by atoms with Gasteiger partial charge in [-0.2, -0.15) is 0 Å². The Hall–Kier alpha value is -4.54. The molecule has 1 atom stereocenters. The van der Waals surface area contributed by atoms with Gasteiger partial charge in [-0.25, -0.2) is 19.2 Å². The maximum Gasteiger partial charge on any atom is 0.335 e. The third-order valence-electron chi connectivity index (χ3n) is 7.20. The normalized spacial score (nSPS) is 14.9. The number of benzene rings is 2. The van der Waals surface area contributed by atoms with Crippen molar-refractivity contribution in [2.75, 3.05) is 6.61 Å². The molecule has 0 bridgehead atoms. The van der Waals surface area contributed by atoms with Crippen LogP contribution in [-0.4, -0.2) is 42.9 Å². The van der Waals surface area contributed by atoms with Crippen molar-refractivity contribution in [2.24, 2.45) is 0 Å². The highest BCUT2D eigenvalue weighted by Gasteiger charge is 2.21. The summed E-state index contributed by atoms with van der Waals surface area (Å²) in [5, 5.41) is 9.81. The molecule has 0 unspecified atom stereocenters. The summed E-state index contributed by atoms with van der Waals surface area (Å²) in [6.07, 6.45) is 3.53. The van der Waals surface area contributed by atoms with Crippen molar-refractivity contribution in [3.8, 4) is 17.1 Å². The van der Waals surface area contributed by atoms with Crippen LogP contribution in [0.1, 0.15) is 34.6 Å². The molecule has 6 rings (SSSR count). The smallest absolute Gasteiger partial charge is 0.335 e. The van der Waals surface area contributed by atoms with Crippen LogP contribution in [0.25, 0.3) is 22.3 Å². The first-order valence-electron chi connectivity index (χ1n) is 13.4. The van der Waals surface area contributed by atoms with Crippen LogP contribution in [0.15, 0.2) is 77.7 Å². The van der Waals surface area contributed by atoms with Crippen LogP contribution in [0.2, 0.25) is 5.02 Å². The summed E-state index contributed by atoms with van der Waals surface area (Å²) in [6.45, 7) is 1.36. The van der Waals surface area contributed by atoms with Crippen molar-refractivity contribution < 1.29 is 23.8 Å². The molecular weight excluding hydrogens is 563 g/mol. The average molecular weight is 589 g/mol. The molecule has 4 heterocycles. The molecule has 42 heavy (non-hydrogen) atoms. The zero-order valence-electron chi connectivity index (χ0n) is 22.4. The van der Waals surface area contributed by atoms with Crippen LogP contribution >= 0.6 is 11.6 Å². The first-order valence-corrected chi connectivity index (χ1v) is 13.8. The van der Waals surface area contributed by atoms with Gasteiger partial charge in [0, 0.05) is 41.1 Å². The fraction of sp³-hybridized carbons (Fsp3) is 0.226. The lowest BCUT2D eigenvalue weighted by molar-refractivity contribution is 0.0697. The molecule has 1 saturated heterocycles. The molecule has 1 N–H and O–H groups in total. The zero-order chi connectivity index (χ0) is 29.2. The standard InChI is InChI=1S/C31H26ClFN4O5/c32-22-8-6-21(24(33)15-22)18-42-29-5-1-4-25(35-29)19-10-11-36(30(38)14-19)17-28-34-26-9-7-20(31(39)40)13-27(26)37(28)16-23-3-2-12-41-23/h1,4-11,13-15,23H,2-3,12,16-18H2,(H,39,40)/t23-/m0/s1. The molecule has 1 aliphatic rings. The Morgan fingerprint density at radius 2 is 2.00 bits per heavy atom. The van der Waals surface area contributed by atoms with Crippen LogP contribution in [-0.2, 0) is 24.4 Å². The largest absolute Gasteiger partial charge is 0.478 e. The predicted molar refractivity (Wildman–Crippen MR) is 154 cm³/mol. The van der Waals surface area contributed by atoms with E-state index in [4.69, 9.17) is 26.1 Å². The molecule has 0 radical (unpaired) electrons. The second kappa shape index (κ2) is 11.8. The molecule has 1 aliphatic heterocycles. The lowest BCUT2D eigenvalue weighted by Gasteiger charge is -2.15. The fourth-order valence-corrected chi connectivity index (χ4v) is 5.18. The Morgan fingerprint density at radius 1 is 1.12 bits per heavy atom. The van der Waals surface area contributed by atoms with E-state index in [1.54, 1.807) is 59.3 Å². The Labute approximate surface area is 244 Å². The molecule has 9 nitrogen and oxygen atoms in total. The number of aromatic nitrogens is 4. The number of carbonyl (C=O) groups is 1. The Balaban J connectivity index is 1.24. The summed E-state index contributed by atoms with van der Waals surface area (Å²) in [6, 6.07) is 17.6. The number of hydrogen-bond donors (Lipinski definition) is 1. The van der Waals surface area contributed by atoms with Crippen molar-refractivity contribution in [2.45, 2.75) is 38.6 Å². The van der Waals surface area contributed by atoms with Gasteiger partial charge in [-0.05, 0) is 55.3 Å². The second-order valence-corrected chi connectivity index (χ2v) is 10.5. The van der Waals surface area contributed by atoms with Gasteiger partial charge in [0.1, 0.15) is 18.2 Å². The summed E-state index contributed by atoms with van der Waals surface area (Å²) in [4.78, 5) is 34.0. The van der Waals surface area contributed by atoms with Gasteiger partial charge in [0.2, 0.25) is 5.88 Å². The number of imidazole rings is 1. The predicted octanol–water partition coefficient (Wildman–Crippen LogP) is 5.56. The van der Waals surface area contributed by atoms with Gasteiger partial charge in [-0.15, -0.1) is 0 Å². The van der Waals surface area contributed by atoms with Gasteiger partial charge in [0.15, 0.2) is 0 Å². The van der Waals surface area contributed by atoms with E-state index in [2.05, 4.69) is 4.98 Å². The first-order chi connectivity index (χ1) is 20.3. The van der Waals surface area contributed by atoms with E-state index in [0.717, 1.165) is 12.8 Å². The number of carboxylic acids is 1. The van der Waals surface area contributed by atoms with Gasteiger partial charge >= 0.3 is 5.97 Å². The number of halogens is 2. The van der Waals surface area contributed by atoms with Crippen molar-refractivity contribution in [1.82, 2.24) is 19.1 Å². The minimum Gasteiger partial charge on any atom is -0.478 e. The van der Waals surface area contributed by atoms with Gasteiger partial charge in [-0.1, -0.05) is 23.7 Å². The summed E-state index contributed by atoms with van der Waals surface area (Å²) < 4.78 is 29.1.